The third kappa shape index (κ3) is 25.6. The second kappa shape index (κ2) is 37.5. The number of carbonyl (C=O) groups excluding carboxylic acids is 2. The van der Waals surface area contributed by atoms with Crippen molar-refractivity contribution in [3.63, 3.8) is 0 Å². The quantitative estimate of drug-likeness (QED) is 0.0247. The van der Waals surface area contributed by atoms with E-state index in [0.717, 1.165) is 38.5 Å². The predicted octanol–water partition coefficient (Wildman–Crippen LogP) is 6.82. The van der Waals surface area contributed by atoms with Gasteiger partial charge in [0.25, 0.3) is 0 Å². The van der Waals surface area contributed by atoms with Crippen LogP contribution < -0.4 is 0 Å². The minimum absolute atomic E-state index is 0.173. The SMILES string of the molecule is CCCCCCCCCCCCCCCCCCCCCC(=O)OC(COC(=O)CCCCCCCCCCC)COC1OC(COC2OC(CO)C(O)C(O)C2O)C(O)C(O)C1O. The van der Waals surface area contributed by atoms with Crippen molar-refractivity contribution < 1.29 is 73.8 Å². The van der Waals surface area contributed by atoms with Crippen molar-refractivity contribution in [1.82, 2.24) is 0 Å². The fraction of sp³-hybridized carbons (Fsp3) is 0.959. The van der Waals surface area contributed by atoms with Crippen LogP contribution in [-0.4, -0.2) is 142 Å². The van der Waals surface area contributed by atoms with E-state index in [0.29, 0.717) is 12.8 Å². The van der Waals surface area contributed by atoms with Crippen LogP contribution in [0, 0.1) is 0 Å². The molecule has 0 aromatic carbocycles. The molecule has 0 aliphatic carbocycles. The van der Waals surface area contributed by atoms with Crippen LogP contribution in [0.15, 0.2) is 0 Å². The summed E-state index contributed by atoms with van der Waals surface area (Å²) in [5.41, 5.74) is 0. The molecular formula is C49H92O15. The highest BCUT2D eigenvalue weighted by atomic mass is 16.7. The molecule has 378 valence electrons. The van der Waals surface area contributed by atoms with E-state index in [1.807, 2.05) is 0 Å². The van der Waals surface area contributed by atoms with Gasteiger partial charge in [0.05, 0.1) is 19.8 Å². The van der Waals surface area contributed by atoms with Crippen molar-refractivity contribution >= 4 is 11.9 Å². The Labute approximate surface area is 385 Å². The van der Waals surface area contributed by atoms with E-state index in [9.17, 15) is 45.3 Å². The monoisotopic (exact) mass is 921 g/mol. The van der Waals surface area contributed by atoms with E-state index in [4.69, 9.17) is 28.4 Å². The normalized spacial score (nSPS) is 26.5. The molecule has 11 unspecified atom stereocenters. The van der Waals surface area contributed by atoms with Gasteiger partial charge in [-0.2, -0.15) is 0 Å². The number of rotatable bonds is 40. The lowest BCUT2D eigenvalue weighted by Crippen LogP contribution is -2.61. The van der Waals surface area contributed by atoms with E-state index in [1.54, 1.807) is 0 Å². The first kappa shape index (κ1) is 58.6. The molecule has 0 spiro atoms. The van der Waals surface area contributed by atoms with Crippen molar-refractivity contribution in [2.75, 3.05) is 26.4 Å². The molecular weight excluding hydrogens is 829 g/mol. The van der Waals surface area contributed by atoms with Crippen LogP contribution in [0.4, 0.5) is 0 Å². The van der Waals surface area contributed by atoms with Gasteiger partial charge >= 0.3 is 11.9 Å². The van der Waals surface area contributed by atoms with Crippen molar-refractivity contribution in [3.05, 3.63) is 0 Å². The Morgan fingerprint density at radius 3 is 1.22 bits per heavy atom. The maximum absolute atomic E-state index is 13.0. The number of esters is 2. The van der Waals surface area contributed by atoms with Gasteiger partial charge in [-0.05, 0) is 12.8 Å². The summed E-state index contributed by atoms with van der Waals surface area (Å²) in [5, 5.41) is 72.0. The molecule has 0 aromatic rings. The van der Waals surface area contributed by atoms with E-state index in [-0.39, 0.29) is 26.1 Å². The Morgan fingerprint density at radius 2 is 0.797 bits per heavy atom. The topological polar surface area (TPSA) is 231 Å². The van der Waals surface area contributed by atoms with Crippen LogP contribution in [0.2, 0.25) is 0 Å². The van der Waals surface area contributed by atoms with Crippen LogP contribution in [-0.2, 0) is 38.0 Å². The number of carbonyl (C=O) groups is 2. The zero-order valence-electron chi connectivity index (χ0n) is 39.8. The highest BCUT2D eigenvalue weighted by molar-refractivity contribution is 5.70. The van der Waals surface area contributed by atoms with Gasteiger partial charge in [-0.3, -0.25) is 9.59 Å². The highest BCUT2D eigenvalue weighted by Gasteiger charge is 2.47. The predicted molar refractivity (Wildman–Crippen MR) is 243 cm³/mol. The number of aliphatic hydroxyl groups is 7. The van der Waals surface area contributed by atoms with Crippen molar-refractivity contribution in [2.24, 2.45) is 0 Å². The van der Waals surface area contributed by atoms with Crippen LogP contribution in [0.1, 0.15) is 206 Å². The molecule has 15 nitrogen and oxygen atoms in total. The zero-order valence-corrected chi connectivity index (χ0v) is 39.8. The molecule has 64 heavy (non-hydrogen) atoms. The molecule has 2 saturated heterocycles. The molecule has 2 aliphatic heterocycles. The Bertz CT molecular complexity index is 1130. The third-order valence-corrected chi connectivity index (χ3v) is 12.6. The summed E-state index contributed by atoms with van der Waals surface area (Å²) in [6, 6.07) is 0. The average molecular weight is 921 g/mol. The molecule has 0 radical (unpaired) electrons. The Balaban J connectivity index is 1.77. The molecule has 15 heteroatoms. The van der Waals surface area contributed by atoms with E-state index in [1.165, 1.54) is 128 Å². The number of hydrogen-bond donors (Lipinski definition) is 7. The van der Waals surface area contributed by atoms with Crippen LogP contribution in [0.3, 0.4) is 0 Å². The summed E-state index contributed by atoms with van der Waals surface area (Å²) in [4.78, 5) is 25.6. The lowest BCUT2D eigenvalue weighted by Gasteiger charge is -2.42. The second-order valence-electron chi connectivity index (χ2n) is 18.4. The summed E-state index contributed by atoms with van der Waals surface area (Å²) >= 11 is 0. The number of unbranched alkanes of at least 4 members (excludes halogenated alkanes) is 26. The van der Waals surface area contributed by atoms with Gasteiger partial charge in [-0.15, -0.1) is 0 Å². The summed E-state index contributed by atoms with van der Waals surface area (Å²) in [5.74, 6) is -0.914. The second-order valence-corrected chi connectivity index (χ2v) is 18.4. The van der Waals surface area contributed by atoms with E-state index >= 15 is 0 Å². The van der Waals surface area contributed by atoms with Crippen molar-refractivity contribution in [3.8, 4) is 0 Å². The van der Waals surface area contributed by atoms with Gasteiger partial charge in [0, 0.05) is 12.8 Å². The molecule has 0 aromatic heterocycles. The largest absolute Gasteiger partial charge is 0.462 e. The number of hydrogen-bond acceptors (Lipinski definition) is 15. The molecule has 2 heterocycles. The minimum atomic E-state index is -1.76. The highest BCUT2D eigenvalue weighted by Crippen LogP contribution is 2.26. The molecule has 2 fully saturated rings. The van der Waals surface area contributed by atoms with Gasteiger partial charge in [0.1, 0.15) is 55.4 Å². The van der Waals surface area contributed by atoms with Crippen LogP contribution >= 0.6 is 0 Å². The first-order valence-electron chi connectivity index (χ1n) is 25.6. The van der Waals surface area contributed by atoms with Gasteiger partial charge < -0.3 is 64.2 Å². The number of ether oxygens (including phenoxy) is 6. The van der Waals surface area contributed by atoms with Gasteiger partial charge in [-0.1, -0.05) is 181 Å². The van der Waals surface area contributed by atoms with Gasteiger partial charge in [0.2, 0.25) is 0 Å². The van der Waals surface area contributed by atoms with Crippen molar-refractivity contribution in [2.45, 2.75) is 274 Å². The molecule has 7 N–H and O–H groups in total. The smallest absolute Gasteiger partial charge is 0.306 e. The molecule has 11 atom stereocenters. The van der Waals surface area contributed by atoms with Crippen LogP contribution in [0.5, 0.6) is 0 Å². The fourth-order valence-electron chi connectivity index (χ4n) is 8.34. The third-order valence-electron chi connectivity index (χ3n) is 12.6. The standard InChI is InChI=1S/C49H92O15/c1-3-5-7-9-11-13-14-15-16-17-18-19-20-21-22-24-26-28-30-32-41(52)62-37(34-59-40(51)31-29-27-25-23-12-10-8-6-4-2)35-60-48-47(58)45(56)43(54)39(64-48)36-61-49-46(57)44(55)42(53)38(33-50)63-49/h37-39,42-50,53-58H,3-36H2,1-2H3. The zero-order chi connectivity index (χ0) is 46.8. The maximum Gasteiger partial charge on any atom is 0.306 e. The summed E-state index contributed by atoms with van der Waals surface area (Å²) in [7, 11) is 0. The van der Waals surface area contributed by atoms with Crippen molar-refractivity contribution in [1.29, 1.82) is 0 Å². The van der Waals surface area contributed by atoms with E-state index < -0.39 is 92.7 Å². The van der Waals surface area contributed by atoms with Crippen LogP contribution in [0.25, 0.3) is 0 Å². The lowest BCUT2D eigenvalue weighted by atomic mass is 9.98. The maximum atomic E-state index is 13.0. The lowest BCUT2D eigenvalue weighted by molar-refractivity contribution is -0.332. The molecule has 2 rings (SSSR count). The van der Waals surface area contributed by atoms with Gasteiger partial charge in [-0.25, -0.2) is 0 Å². The first-order valence-corrected chi connectivity index (χ1v) is 25.6. The summed E-state index contributed by atoms with van der Waals surface area (Å²) in [6.07, 6.45) is 17.2. The molecule has 0 amide bonds. The molecule has 0 bridgehead atoms. The minimum Gasteiger partial charge on any atom is -0.462 e. The molecule has 2 aliphatic rings. The Kier molecular flexibility index (Phi) is 34.3. The Morgan fingerprint density at radius 1 is 0.438 bits per heavy atom. The summed E-state index contributed by atoms with van der Waals surface area (Å²) in [6.45, 7) is 2.59. The first-order chi connectivity index (χ1) is 31.0. The molecule has 0 saturated carbocycles. The number of aliphatic hydroxyl groups excluding tert-OH is 7. The van der Waals surface area contributed by atoms with E-state index in [2.05, 4.69) is 13.8 Å². The average Bonchev–Trinajstić information content (AvgIpc) is 3.29. The Hall–Kier alpha value is -1.50. The van der Waals surface area contributed by atoms with Gasteiger partial charge in [0.15, 0.2) is 18.7 Å². The summed E-state index contributed by atoms with van der Waals surface area (Å²) < 4.78 is 33.5. The fourth-order valence-corrected chi connectivity index (χ4v) is 8.34.